The van der Waals surface area contributed by atoms with Crippen molar-refractivity contribution in [2.24, 2.45) is 0 Å². The Morgan fingerprint density at radius 2 is 2.00 bits per heavy atom. The van der Waals surface area contributed by atoms with Gasteiger partial charge in [-0.1, -0.05) is 28.1 Å². The summed E-state index contributed by atoms with van der Waals surface area (Å²) >= 11 is 4.60. The van der Waals surface area contributed by atoms with Gasteiger partial charge in [-0.05, 0) is 30.0 Å². The topological polar surface area (TPSA) is 17.1 Å². The molecular weight excluding hydrogens is 303 g/mol. The molecule has 0 amide bonds. The maximum atomic E-state index is 13.6. The molecule has 0 aliphatic rings. The summed E-state index contributed by atoms with van der Waals surface area (Å²) in [4.78, 5) is 12.4. The molecule has 0 atom stereocenters. The lowest BCUT2D eigenvalue weighted by Gasteiger charge is -2.00. The Labute approximate surface area is 111 Å². The van der Waals surface area contributed by atoms with Crippen LogP contribution in [0.1, 0.15) is 20.8 Å². The molecule has 0 saturated carbocycles. The lowest BCUT2D eigenvalue weighted by molar-refractivity contribution is 0.0993. The van der Waals surface area contributed by atoms with E-state index in [1.54, 1.807) is 24.4 Å². The summed E-state index contributed by atoms with van der Waals surface area (Å²) < 4.78 is 14.5. The first kappa shape index (κ1) is 12.5. The fourth-order valence-corrected chi connectivity index (χ4v) is 2.65. The van der Waals surface area contributed by atoms with Crippen LogP contribution in [0.15, 0.2) is 34.1 Å². The van der Waals surface area contributed by atoms with Crippen molar-refractivity contribution in [2.45, 2.75) is 13.3 Å². The highest BCUT2D eigenvalue weighted by Crippen LogP contribution is 2.22. The molecule has 0 aliphatic heterocycles. The molecule has 0 saturated heterocycles. The number of aryl methyl sites for hydroxylation is 1. The lowest BCUT2D eigenvalue weighted by atomic mass is 10.1. The highest BCUT2D eigenvalue weighted by Gasteiger charge is 2.13. The molecule has 0 bridgehead atoms. The van der Waals surface area contributed by atoms with Crippen molar-refractivity contribution >= 4 is 33.0 Å². The van der Waals surface area contributed by atoms with Gasteiger partial charge < -0.3 is 0 Å². The smallest absolute Gasteiger partial charge is 0.168 e. The predicted molar refractivity (Wildman–Crippen MR) is 71.2 cm³/mol. The third-order valence-electron chi connectivity index (χ3n) is 2.46. The molecule has 0 fully saturated rings. The monoisotopic (exact) mass is 312 g/mol. The van der Waals surface area contributed by atoms with Crippen LogP contribution in [0.2, 0.25) is 0 Å². The number of hydrogen-bond acceptors (Lipinski definition) is 2. The number of thiophene rings is 1. The van der Waals surface area contributed by atoms with E-state index in [2.05, 4.69) is 15.9 Å². The van der Waals surface area contributed by atoms with Crippen LogP contribution in [0.4, 0.5) is 4.39 Å². The van der Waals surface area contributed by atoms with Gasteiger partial charge in [0.25, 0.3) is 0 Å². The predicted octanol–water partition coefficient (Wildman–Crippen LogP) is 4.38. The number of Topliss-reactive ketones (excluding diaryl/α,β-unsaturated/α-hetero) is 1. The Morgan fingerprint density at radius 1 is 1.35 bits per heavy atom. The number of carbonyl (C=O) groups is 1. The number of rotatable bonds is 3. The molecule has 1 aromatic carbocycles. The van der Waals surface area contributed by atoms with Crippen LogP contribution in [0, 0.1) is 12.7 Å². The quantitative estimate of drug-likeness (QED) is 0.768. The van der Waals surface area contributed by atoms with Gasteiger partial charge in [0.1, 0.15) is 5.82 Å². The van der Waals surface area contributed by atoms with E-state index in [-0.39, 0.29) is 18.0 Å². The Kier molecular flexibility index (Phi) is 3.74. The largest absolute Gasteiger partial charge is 0.294 e. The van der Waals surface area contributed by atoms with Crippen molar-refractivity contribution in [1.82, 2.24) is 0 Å². The molecule has 1 aromatic heterocycles. The third kappa shape index (κ3) is 2.82. The fraction of sp³-hybridized carbons (Fsp3) is 0.154. The molecule has 0 N–H and O–H groups in total. The van der Waals surface area contributed by atoms with E-state index in [1.807, 2.05) is 12.1 Å². The van der Waals surface area contributed by atoms with Crippen LogP contribution in [-0.4, -0.2) is 5.78 Å². The average Bonchev–Trinajstić information content (AvgIpc) is 2.62. The lowest BCUT2D eigenvalue weighted by Crippen LogP contribution is -2.03. The maximum absolute atomic E-state index is 13.6. The molecule has 17 heavy (non-hydrogen) atoms. The van der Waals surface area contributed by atoms with Crippen molar-refractivity contribution < 1.29 is 9.18 Å². The summed E-state index contributed by atoms with van der Waals surface area (Å²) in [6.07, 6.45) is 0.131. The summed E-state index contributed by atoms with van der Waals surface area (Å²) in [5.41, 5.74) is 1.22. The van der Waals surface area contributed by atoms with Crippen LogP contribution in [-0.2, 0) is 6.42 Å². The summed E-state index contributed by atoms with van der Waals surface area (Å²) in [6, 6.07) is 7.10. The number of halogens is 2. The van der Waals surface area contributed by atoms with Crippen LogP contribution in [0.3, 0.4) is 0 Å². The molecule has 0 radical (unpaired) electrons. The van der Waals surface area contributed by atoms with Gasteiger partial charge in [-0.2, -0.15) is 0 Å². The van der Waals surface area contributed by atoms with Crippen molar-refractivity contribution in [1.29, 1.82) is 0 Å². The standard InChI is InChI=1S/C13H10BrFOS/c1-8-7-17-12(13(8)15)6-11(16)9-2-4-10(14)5-3-9/h2-5,7H,6H2,1H3. The molecule has 0 aliphatic carbocycles. The summed E-state index contributed by atoms with van der Waals surface area (Å²) in [5.74, 6) is -0.307. The molecule has 1 heterocycles. The number of ketones is 1. The molecule has 1 nitrogen and oxygen atoms in total. The first-order valence-electron chi connectivity index (χ1n) is 5.09. The van der Waals surface area contributed by atoms with E-state index in [4.69, 9.17) is 0 Å². The van der Waals surface area contributed by atoms with Crippen LogP contribution < -0.4 is 0 Å². The van der Waals surface area contributed by atoms with E-state index in [1.165, 1.54) is 11.3 Å². The molecule has 2 aromatic rings. The zero-order valence-corrected chi connectivity index (χ0v) is 11.6. The zero-order chi connectivity index (χ0) is 12.4. The van der Waals surface area contributed by atoms with Crippen molar-refractivity contribution in [2.75, 3.05) is 0 Å². The molecule has 2 rings (SSSR count). The Balaban J connectivity index is 2.17. The zero-order valence-electron chi connectivity index (χ0n) is 9.17. The van der Waals surface area contributed by atoms with Crippen LogP contribution >= 0.6 is 27.3 Å². The van der Waals surface area contributed by atoms with Gasteiger partial charge in [0.15, 0.2) is 5.78 Å². The van der Waals surface area contributed by atoms with Gasteiger partial charge in [0.2, 0.25) is 0 Å². The van der Waals surface area contributed by atoms with E-state index >= 15 is 0 Å². The van der Waals surface area contributed by atoms with E-state index < -0.39 is 0 Å². The van der Waals surface area contributed by atoms with Gasteiger partial charge in [-0.15, -0.1) is 11.3 Å². The minimum atomic E-state index is -0.250. The van der Waals surface area contributed by atoms with Crippen molar-refractivity contribution in [3.8, 4) is 0 Å². The first-order chi connectivity index (χ1) is 8.08. The minimum absolute atomic E-state index is 0.0572. The molecular formula is C13H10BrFOS. The minimum Gasteiger partial charge on any atom is -0.294 e. The second-order valence-corrected chi connectivity index (χ2v) is 5.64. The van der Waals surface area contributed by atoms with Crippen molar-refractivity contribution in [3.05, 3.63) is 55.9 Å². The van der Waals surface area contributed by atoms with Gasteiger partial charge in [0, 0.05) is 21.3 Å². The fourth-order valence-electron chi connectivity index (χ4n) is 1.49. The normalized spacial score (nSPS) is 10.5. The first-order valence-corrected chi connectivity index (χ1v) is 6.76. The molecule has 4 heteroatoms. The average molecular weight is 313 g/mol. The number of carbonyl (C=O) groups excluding carboxylic acids is 1. The van der Waals surface area contributed by atoms with Gasteiger partial charge in [-0.25, -0.2) is 4.39 Å². The molecule has 0 unspecified atom stereocenters. The number of hydrogen-bond donors (Lipinski definition) is 0. The van der Waals surface area contributed by atoms with Crippen LogP contribution in [0.25, 0.3) is 0 Å². The maximum Gasteiger partial charge on any atom is 0.168 e. The summed E-state index contributed by atoms with van der Waals surface area (Å²) in [6.45, 7) is 1.71. The van der Waals surface area contributed by atoms with E-state index in [0.29, 0.717) is 16.0 Å². The Bertz CT molecular complexity index is 545. The number of benzene rings is 1. The second-order valence-electron chi connectivity index (χ2n) is 3.76. The molecule has 0 spiro atoms. The van der Waals surface area contributed by atoms with Gasteiger partial charge >= 0.3 is 0 Å². The Morgan fingerprint density at radius 3 is 2.53 bits per heavy atom. The van der Waals surface area contributed by atoms with Crippen LogP contribution in [0.5, 0.6) is 0 Å². The van der Waals surface area contributed by atoms with E-state index in [0.717, 1.165) is 4.47 Å². The summed E-state index contributed by atoms with van der Waals surface area (Å²) in [5, 5.41) is 1.74. The van der Waals surface area contributed by atoms with E-state index in [9.17, 15) is 9.18 Å². The summed E-state index contributed by atoms with van der Waals surface area (Å²) in [7, 11) is 0. The highest BCUT2D eigenvalue weighted by molar-refractivity contribution is 9.10. The molecule has 88 valence electrons. The van der Waals surface area contributed by atoms with Crippen molar-refractivity contribution in [3.63, 3.8) is 0 Å². The highest BCUT2D eigenvalue weighted by atomic mass is 79.9. The second kappa shape index (κ2) is 5.10. The third-order valence-corrected chi connectivity index (χ3v) is 4.06. The van der Waals surface area contributed by atoms with Gasteiger partial charge in [0.05, 0.1) is 0 Å². The SMILES string of the molecule is Cc1csc(CC(=O)c2ccc(Br)cc2)c1F. The Hall–Kier alpha value is -1.00. The van der Waals surface area contributed by atoms with Gasteiger partial charge in [-0.3, -0.25) is 4.79 Å².